The maximum absolute atomic E-state index is 13.8. The molecule has 0 saturated carbocycles. The molecule has 0 bridgehead atoms. The van der Waals surface area contributed by atoms with Crippen molar-refractivity contribution >= 4 is 5.97 Å². The molecule has 0 radical (unpaired) electrons. The maximum atomic E-state index is 13.8. The molecule has 17 heavy (non-hydrogen) atoms. The number of nitrogens with one attached hydrogen (secondary N) is 1. The predicted octanol–water partition coefficient (Wildman–Crippen LogP) is 1.97. The normalized spacial score (nSPS) is 22.0. The Balaban J connectivity index is 2.68. The fourth-order valence-corrected chi connectivity index (χ4v) is 2.31. The lowest BCUT2D eigenvalue weighted by molar-refractivity contribution is -0.140. The maximum Gasteiger partial charge on any atom is 0.325 e. The highest BCUT2D eigenvalue weighted by Crippen LogP contribution is 2.36. The number of rotatable bonds is 1. The van der Waals surface area contributed by atoms with Crippen LogP contribution in [0.1, 0.15) is 31.0 Å². The predicted molar refractivity (Wildman–Crippen MR) is 57.8 cm³/mol. The van der Waals surface area contributed by atoms with Crippen molar-refractivity contribution < 1.29 is 18.7 Å². The van der Waals surface area contributed by atoms with Crippen LogP contribution in [0.2, 0.25) is 0 Å². The van der Waals surface area contributed by atoms with Crippen molar-refractivity contribution in [1.82, 2.24) is 5.32 Å². The molecule has 5 heteroatoms. The van der Waals surface area contributed by atoms with Crippen LogP contribution in [0.4, 0.5) is 8.78 Å². The molecule has 2 N–H and O–H groups in total. The van der Waals surface area contributed by atoms with Gasteiger partial charge in [-0.2, -0.15) is 0 Å². The standard InChI is InChI=1S/C12H13F2NO2/c1-12(2)5-15-10(11(16)17)7-3-6(13)4-8(14)9(7)12/h3-4,10,15H,5H2,1-2H3,(H,16,17). The number of carboxylic acid groups (broad SMARTS) is 1. The topological polar surface area (TPSA) is 49.3 Å². The van der Waals surface area contributed by atoms with Gasteiger partial charge < -0.3 is 5.11 Å². The van der Waals surface area contributed by atoms with Gasteiger partial charge in [0.1, 0.15) is 17.7 Å². The molecule has 0 spiro atoms. The number of aliphatic carboxylic acids is 1. The number of fused-ring (bicyclic) bond motifs is 1. The van der Waals surface area contributed by atoms with Gasteiger partial charge >= 0.3 is 5.97 Å². The van der Waals surface area contributed by atoms with Crippen LogP contribution in [-0.4, -0.2) is 17.6 Å². The van der Waals surface area contributed by atoms with E-state index < -0.39 is 29.1 Å². The lowest BCUT2D eigenvalue weighted by atomic mass is 9.76. The Morgan fingerprint density at radius 3 is 2.71 bits per heavy atom. The molecule has 0 saturated heterocycles. The molecule has 1 aromatic rings. The Kier molecular flexibility index (Phi) is 2.66. The summed E-state index contributed by atoms with van der Waals surface area (Å²) >= 11 is 0. The quantitative estimate of drug-likeness (QED) is 0.790. The second-order valence-corrected chi connectivity index (χ2v) is 4.89. The van der Waals surface area contributed by atoms with Gasteiger partial charge in [0, 0.05) is 23.6 Å². The van der Waals surface area contributed by atoms with Gasteiger partial charge in [-0.15, -0.1) is 0 Å². The molecular formula is C12H13F2NO2. The third-order valence-electron chi connectivity index (χ3n) is 3.07. The molecule has 1 aromatic carbocycles. The molecule has 1 aliphatic heterocycles. The molecule has 0 fully saturated rings. The van der Waals surface area contributed by atoms with E-state index >= 15 is 0 Å². The fourth-order valence-electron chi connectivity index (χ4n) is 2.31. The monoisotopic (exact) mass is 241 g/mol. The molecule has 1 atom stereocenters. The van der Waals surface area contributed by atoms with Crippen LogP contribution < -0.4 is 5.32 Å². The van der Waals surface area contributed by atoms with Crippen LogP contribution >= 0.6 is 0 Å². The van der Waals surface area contributed by atoms with Gasteiger partial charge in [0.2, 0.25) is 0 Å². The second kappa shape index (κ2) is 3.77. The van der Waals surface area contributed by atoms with Gasteiger partial charge in [0.25, 0.3) is 0 Å². The number of carboxylic acids is 1. The highest BCUT2D eigenvalue weighted by Gasteiger charge is 2.38. The summed E-state index contributed by atoms with van der Waals surface area (Å²) in [6.45, 7) is 3.91. The van der Waals surface area contributed by atoms with Crippen LogP contribution in [0.25, 0.3) is 0 Å². The first-order chi connectivity index (χ1) is 7.83. The number of carbonyl (C=O) groups is 1. The van der Waals surface area contributed by atoms with Crippen LogP contribution in [0.15, 0.2) is 12.1 Å². The summed E-state index contributed by atoms with van der Waals surface area (Å²) in [6.07, 6.45) is 0. The average Bonchev–Trinajstić information content (AvgIpc) is 2.14. The molecule has 1 heterocycles. The molecule has 1 aliphatic rings. The lowest BCUT2D eigenvalue weighted by Gasteiger charge is -2.36. The van der Waals surface area contributed by atoms with Crippen molar-refractivity contribution in [2.24, 2.45) is 0 Å². The third kappa shape index (κ3) is 1.91. The Morgan fingerprint density at radius 2 is 2.12 bits per heavy atom. The van der Waals surface area contributed by atoms with Crippen molar-refractivity contribution in [3.63, 3.8) is 0 Å². The van der Waals surface area contributed by atoms with E-state index in [2.05, 4.69) is 5.32 Å². The minimum Gasteiger partial charge on any atom is -0.480 e. The smallest absolute Gasteiger partial charge is 0.325 e. The largest absolute Gasteiger partial charge is 0.480 e. The van der Waals surface area contributed by atoms with Crippen LogP contribution in [-0.2, 0) is 10.2 Å². The van der Waals surface area contributed by atoms with E-state index in [-0.39, 0.29) is 11.1 Å². The molecule has 0 aliphatic carbocycles. The zero-order valence-corrected chi connectivity index (χ0v) is 9.55. The average molecular weight is 241 g/mol. The fraction of sp³-hybridized carbons (Fsp3) is 0.417. The second-order valence-electron chi connectivity index (χ2n) is 4.89. The van der Waals surface area contributed by atoms with E-state index in [1.54, 1.807) is 13.8 Å². The molecule has 0 aromatic heterocycles. The number of hydrogen-bond acceptors (Lipinski definition) is 2. The zero-order chi connectivity index (χ0) is 12.8. The van der Waals surface area contributed by atoms with Crippen molar-refractivity contribution in [3.05, 3.63) is 34.9 Å². The summed E-state index contributed by atoms with van der Waals surface area (Å²) in [6, 6.07) is 0.832. The van der Waals surface area contributed by atoms with Gasteiger partial charge in [0.05, 0.1) is 0 Å². The van der Waals surface area contributed by atoms with E-state index in [1.165, 1.54) is 0 Å². The lowest BCUT2D eigenvalue weighted by Crippen LogP contribution is -2.45. The highest BCUT2D eigenvalue weighted by atomic mass is 19.1. The first-order valence-electron chi connectivity index (χ1n) is 5.28. The van der Waals surface area contributed by atoms with E-state index in [9.17, 15) is 13.6 Å². The number of hydrogen-bond donors (Lipinski definition) is 2. The van der Waals surface area contributed by atoms with Crippen LogP contribution in [0.5, 0.6) is 0 Å². The van der Waals surface area contributed by atoms with E-state index in [4.69, 9.17) is 5.11 Å². The molecule has 3 nitrogen and oxygen atoms in total. The first kappa shape index (κ1) is 12.0. The Labute approximate surface area is 97.5 Å². The van der Waals surface area contributed by atoms with Gasteiger partial charge in [-0.3, -0.25) is 10.1 Å². The summed E-state index contributed by atoms with van der Waals surface area (Å²) in [7, 11) is 0. The van der Waals surface area contributed by atoms with E-state index in [0.29, 0.717) is 6.54 Å². The molecule has 2 rings (SSSR count). The number of halogens is 2. The summed E-state index contributed by atoms with van der Waals surface area (Å²) in [4.78, 5) is 11.0. The van der Waals surface area contributed by atoms with Crippen LogP contribution in [0.3, 0.4) is 0 Å². The van der Waals surface area contributed by atoms with Gasteiger partial charge in [-0.05, 0) is 11.6 Å². The molecular weight excluding hydrogens is 228 g/mol. The summed E-state index contributed by atoms with van der Waals surface area (Å²) in [5, 5.41) is 11.8. The third-order valence-corrected chi connectivity index (χ3v) is 3.07. The zero-order valence-electron chi connectivity index (χ0n) is 9.55. The van der Waals surface area contributed by atoms with Crippen LogP contribution in [0, 0.1) is 11.6 Å². The van der Waals surface area contributed by atoms with E-state index in [1.807, 2.05) is 0 Å². The van der Waals surface area contributed by atoms with Crippen molar-refractivity contribution in [3.8, 4) is 0 Å². The molecule has 1 unspecified atom stereocenters. The summed E-state index contributed by atoms with van der Waals surface area (Å²) < 4.78 is 27.0. The molecule has 0 amide bonds. The minimum absolute atomic E-state index is 0.172. The minimum atomic E-state index is -1.13. The summed E-state index contributed by atoms with van der Waals surface area (Å²) in [5.74, 6) is -2.57. The Morgan fingerprint density at radius 1 is 1.47 bits per heavy atom. The van der Waals surface area contributed by atoms with Gasteiger partial charge in [-0.1, -0.05) is 13.8 Å². The van der Waals surface area contributed by atoms with Gasteiger partial charge in [0.15, 0.2) is 0 Å². The first-order valence-corrected chi connectivity index (χ1v) is 5.28. The van der Waals surface area contributed by atoms with Crippen molar-refractivity contribution in [2.45, 2.75) is 25.3 Å². The highest BCUT2D eigenvalue weighted by molar-refractivity contribution is 5.77. The van der Waals surface area contributed by atoms with E-state index in [0.717, 1.165) is 12.1 Å². The van der Waals surface area contributed by atoms with Crippen molar-refractivity contribution in [2.75, 3.05) is 6.54 Å². The number of benzene rings is 1. The SMILES string of the molecule is CC1(C)CNC(C(=O)O)c2cc(F)cc(F)c21. The van der Waals surface area contributed by atoms with Gasteiger partial charge in [-0.25, -0.2) is 8.78 Å². The Hall–Kier alpha value is -1.49. The summed E-state index contributed by atoms with van der Waals surface area (Å²) in [5.41, 5.74) is -0.102. The van der Waals surface area contributed by atoms with Crippen molar-refractivity contribution in [1.29, 1.82) is 0 Å². The Bertz CT molecular complexity index is 486. The molecule has 92 valence electrons.